The van der Waals surface area contributed by atoms with Crippen molar-refractivity contribution in [3.8, 4) is 0 Å². The summed E-state index contributed by atoms with van der Waals surface area (Å²) in [5.41, 5.74) is -1.15. The molecule has 0 spiro atoms. The quantitative estimate of drug-likeness (QED) is 0.381. The number of hydrogen-bond donors (Lipinski definition) is 3. The van der Waals surface area contributed by atoms with E-state index in [1.807, 2.05) is 13.0 Å². The van der Waals surface area contributed by atoms with Gasteiger partial charge in [0.15, 0.2) is 12.4 Å². The third kappa shape index (κ3) is 5.37. The van der Waals surface area contributed by atoms with Crippen molar-refractivity contribution in [3.05, 3.63) is 59.4 Å². The Labute approximate surface area is 245 Å². The van der Waals surface area contributed by atoms with Gasteiger partial charge in [-0.25, -0.2) is 4.39 Å². The number of aliphatic hydroxyl groups excluding tert-OH is 1. The Morgan fingerprint density at radius 3 is 2.60 bits per heavy atom. The smallest absolute Gasteiger partial charge is 0.306 e. The molecule has 3 N–H and O–H groups in total. The molecule has 4 aliphatic rings. The maximum absolute atomic E-state index is 13.4. The summed E-state index contributed by atoms with van der Waals surface area (Å²) in [4.78, 5) is 49.9. The molecule has 1 aromatic carbocycles. The highest BCUT2D eigenvalue weighted by Crippen LogP contribution is 2.67. The first-order chi connectivity index (χ1) is 19.9. The van der Waals surface area contributed by atoms with Crippen molar-refractivity contribution in [1.29, 1.82) is 0 Å². The molecule has 0 aromatic heterocycles. The van der Waals surface area contributed by atoms with E-state index in [0.29, 0.717) is 19.4 Å². The number of esters is 1. The molecule has 1 amide bonds. The van der Waals surface area contributed by atoms with Gasteiger partial charge in [0.25, 0.3) is 0 Å². The number of hydrogen-bond acceptors (Lipinski definition) is 7. The molecule has 4 aliphatic carbocycles. The zero-order valence-electron chi connectivity index (χ0n) is 24.2. The number of halogens is 1. The molecule has 0 radical (unpaired) electrons. The first-order valence-corrected chi connectivity index (χ1v) is 14.9. The molecule has 0 saturated heterocycles. The van der Waals surface area contributed by atoms with Crippen LogP contribution in [0.4, 0.5) is 4.39 Å². The maximum atomic E-state index is 13.4. The van der Waals surface area contributed by atoms with Crippen LogP contribution >= 0.6 is 0 Å². The fourth-order valence-corrected chi connectivity index (χ4v) is 8.43. The van der Waals surface area contributed by atoms with Crippen LogP contribution in [0.1, 0.15) is 64.4 Å². The Morgan fingerprint density at radius 2 is 1.86 bits per heavy atom. The summed E-state index contributed by atoms with van der Waals surface area (Å²) >= 11 is 0. The number of rotatable bonds is 9. The minimum atomic E-state index is -1.74. The summed E-state index contributed by atoms with van der Waals surface area (Å²) in [6, 6.07) is 5.99. The van der Waals surface area contributed by atoms with Gasteiger partial charge in [-0.2, -0.15) is 0 Å². The van der Waals surface area contributed by atoms with E-state index in [-0.39, 0.29) is 60.9 Å². The van der Waals surface area contributed by atoms with E-state index in [1.165, 1.54) is 12.1 Å². The van der Waals surface area contributed by atoms with Gasteiger partial charge in [-0.05, 0) is 80.2 Å². The summed E-state index contributed by atoms with van der Waals surface area (Å²) in [7, 11) is 0. The molecule has 0 heterocycles. The number of fused-ring (bicyclic) bond motifs is 5. The lowest BCUT2D eigenvalue weighted by Crippen LogP contribution is -2.61. The van der Waals surface area contributed by atoms with E-state index in [9.17, 15) is 33.8 Å². The lowest BCUT2D eigenvalue weighted by molar-refractivity contribution is -0.181. The lowest BCUT2D eigenvalue weighted by Gasteiger charge is -2.59. The molecular weight excluding hydrogens is 541 g/mol. The van der Waals surface area contributed by atoms with Crippen LogP contribution in [0, 0.1) is 34.4 Å². The number of aliphatic hydroxyl groups is 2. The number of Topliss-reactive ketones (excluding diaryl/α,β-unsaturated/α-hetero) is 1. The first-order valence-electron chi connectivity index (χ1n) is 14.9. The molecule has 7 atom stereocenters. The van der Waals surface area contributed by atoms with Crippen LogP contribution in [0.15, 0.2) is 48.1 Å². The topological polar surface area (TPSA) is 130 Å². The molecule has 0 aliphatic heterocycles. The first kappa shape index (κ1) is 30.3. The lowest BCUT2D eigenvalue weighted by atomic mass is 9.46. The third-order valence-electron chi connectivity index (χ3n) is 10.7. The van der Waals surface area contributed by atoms with Crippen molar-refractivity contribution >= 4 is 23.4 Å². The molecule has 0 bridgehead atoms. The molecule has 3 fully saturated rings. The number of nitrogens with one attached hydrogen (secondary N) is 1. The highest BCUT2D eigenvalue weighted by Gasteiger charge is 2.68. The number of carbonyl (C=O) groups is 4. The minimum Gasteiger partial charge on any atom is -0.458 e. The van der Waals surface area contributed by atoms with E-state index in [0.717, 1.165) is 24.0 Å². The Kier molecular flexibility index (Phi) is 8.29. The summed E-state index contributed by atoms with van der Waals surface area (Å²) in [5, 5.41) is 26.0. The average molecular weight is 582 g/mol. The number of benzene rings is 1. The van der Waals surface area contributed by atoms with Gasteiger partial charge >= 0.3 is 5.97 Å². The number of carbonyl (C=O) groups excluding carboxylic acids is 4. The van der Waals surface area contributed by atoms with Gasteiger partial charge in [0.1, 0.15) is 11.4 Å². The maximum Gasteiger partial charge on any atom is 0.306 e. The third-order valence-corrected chi connectivity index (χ3v) is 10.7. The molecule has 8 nitrogen and oxygen atoms in total. The monoisotopic (exact) mass is 581 g/mol. The number of ketones is 2. The SMILES string of the molecule is C[C@]12C=CC(=O)C=C1CC[C@@H]1[C@@H]2[C@H](O)C[C@@]2(C)[C@H]1CC[C@]2(O)C(=O)COC(=O)CCC(=O)NCCc1ccc(F)cc1. The molecule has 9 heteroatoms. The van der Waals surface area contributed by atoms with Crippen molar-refractivity contribution in [2.75, 3.05) is 13.2 Å². The fraction of sp³-hybridized carbons (Fsp3) is 0.576. The summed E-state index contributed by atoms with van der Waals surface area (Å²) in [6.45, 7) is 3.68. The highest BCUT2D eigenvalue weighted by atomic mass is 19.1. The highest BCUT2D eigenvalue weighted by molar-refractivity contribution is 6.01. The Hall–Kier alpha value is -3.17. The van der Waals surface area contributed by atoms with Gasteiger partial charge in [-0.1, -0.05) is 37.6 Å². The van der Waals surface area contributed by atoms with Crippen molar-refractivity contribution in [2.45, 2.75) is 76.9 Å². The predicted molar refractivity (Wildman–Crippen MR) is 151 cm³/mol. The van der Waals surface area contributed by atoms with Gasteiger partial charge in [-0.3, -0.25) is 19.2 Å². The van der Waals surface area contributed by atoms with E-state index in [2.05, 4.69) is 12.2 Å². The second-order valence-electron chi connectivity index (χ2n) is 12.9. The molecule has 5 rings (SSSR count). The van der Waals surface area contributed by atoms with Crippen LogP contribution < -0.4 is 5.32 Å². The van der Waals surface area contributed by atoms with E-state index in [4.69, 9.17) is 4.74 Å². The zero-order chi connectivity index (χ0) is 30.3. The Balaban J connectivity index is 1.14. The van der Waals surface area contributed by atoms with Gasteiger partial charge in [-0.15, -0.1) is 0 Å². The zero-order valence-corrected chi connectivity index (χ0v) is 24.2. The molecule has 42 heavy (non-hydrogen) atoms. The van der Waals surface area contributed by atoms with E-state index >= 15 is 0 Å². The Morgan fingerprint density at radius 1 is 1.12 bits per heavy atom. The molecule has 0 unspecified atom stereocenters. The summed E-state index contributed by atoms with van der Waals surface area (Å²) in [6.07, 6.45) is 7.21. The minimum absolute atomic E-state index is 0.00133. The average Bonchev–Trinajstić information content (AvgIpc) is 3.22. The van der Waals surface area contributed by atoms with Crippen LogP contribution in [-0.4, -0.2) is 58.5 Å². The number of amides is 1. The van der Waals surface area contributed by atoms with Crippen LogP contribution in [-0.2, 0) is 30.3 Å². The second kappa shape index (κ2) is 11.5. The van der Waals surface area contributed by atoms with Gasteiger partial charge < -0.3 is 20.3 Å². The molecule has 226 valence electrons. The largest absolute Gasteiger partial charge is 0.458 e. The van der Waals surface area contributed by atoms with Crippen LogP contribution in [0.3, 0.4) is 0 Å². The summed E-state index contributed by atoms with van der Waals surface area (Å²) in [5.74, 6) is -2.03. The molecular formula is C33H40FNO7. The fourth-order valence-electron chi connectivity index (χ4n) is 8.43. The van der Waals surface area contributed by atoms with Gasteiger partial charge in [0, 0.05) is 29.7 Å². The standard InChI is InChI=1S/C33H40FNO7/c1-31-14-11-23(36)17-21(31)5-8-24-25-12-15-33(41,32(25,2)18-26(37)30(24)31)27(38)19-42-29(40)10-9-28(39)35-16-13-20-3-6-22(34)7-4-20/h3-4,6-7,11,14,17,24-26,30,37,41H,5,8-10,12-13,15-16,18-19H2,1-2H3,(H,35,39)/t24-,25-,26+,30+,31-,32-,33-/m0/s1. The second-order valence-corrected chi connectivity index (χ2v) is 12.9. The van der Waals surface area contributed by atoms with E-state index < -0.39 is 40.9 Å². The van der Waals surface area contributed by atoms with Crippen molar-refractivity contribution in [2.24, 2.45) is 28.6 Å². The number of allylic oxidation sites excluding steroid dienone is 4. The normalized spacial score (nSPS) is 35.0. The van der Waals surface area contributed by atoms with Crippen molar-refractivity contribution < 1.29 is 38.5 Å². The van der Waals surface area contributed by atoms with Gasteiger partial charge in [0.05, 0.1) is 12.5 Å². The Bertz CT molecular complexity index is 1320. The molecule has 1 aromatic rings. The van der Waals surface area contributed by atoms with Crippen molar-refractivity contribution in [1.82, 2.24) is 5.32 Å². The van der Waals surface area contributed by atoms with Crippen LogP contribution in [0.2, 0.25) is 0 Å². The van der Waals surface area contributed by atoms with Crippen LogP contribution in [0.5, 0.6) is 0 Å². The predicted octanol–water partition coefficient (Wildman–Crippen LogP) is 3.39. The summed E-state index contributed by atoms with van der Waals surface area (Å²) < 4.78 is 18.2. The van der Waals surface area contributed by atoms with Gasteiger partial charge in [0.2, 0.25) is 11.7 Å². The van der Waals surface area contributed by atoms with E-state index in [1.54, 1.807) is 24.3 Å². The molecule has 3 saturated carbocycles. The van der Waals surface area contributed by atoms with Crippen LogP contribution in [0.25, 0.3) is 0 Å². The number of ether oxygens (including phenoxy) is 1. The van der Waals surface area contributed by atoms with Crippen molar-refractivity contribution in [3.63, 3.8) is 0 Å².